The maximum absolute atomic E-state index is 12.0. The van der Waals surface area contributed by atoms with E-state index in [0.29, 0.717) is 6.61 Å². The highest BCUT2D eigenvalue weighted by Crippen LogP contribution is 2.30. The number of hydrogen-bond donors (Lipinski definition) is 0. The Balaban J connectivity index is 2.27. The Morgan fingerprint density at radius 3 is 2.65 bits per heavy atom. The zero-order valence-corrected chi connectivity index (χ0v) is 16.1. The second-order valence-corrected chi connectivity index (χ2v) is 6.94. The minimum Gasteiger partial charge on any atom is -0.489 e. The molecule has 23 heavy (non-hydrogen) atoms. The first-order chi connectivity index (χ1) is 10.9. The molecule has 0 heterocycles. The van der Waals surface area contributed by atoms with Crippen LogP contribution in [0.15, 0.2) is 40.9 Å². The van der Waals surface area contributed by atoms with Gasteiger partial charge in [0, 0.05) is 17.1 Å². The average Bonchev–Trinajstić information content (AvgIpc) is 2.53. The third-order valence-corrected chi connectivity index (χ3v) is 4.97. The number of thioether (sulfide) groups is 1. The summed E-state index contributed by atoms with van der Waals surface area (Å²) in [5.41, 5.74) is 4.12. The fourth-order valence-corrected chi connectivity index (χ4v) is 3.19. The maximum Gasteiger partial charge on any atom is 0.285 e. The molecule has 2 rings (SSSR count). The van der Waals surface area contributed by atoms with Gasteiger partial charge in [0.2, 0.25) is 0 Å². The van der Waals surface area contributed by atoms with E-state index in [0.717, 1.165) is 27.0 Å². The van der Waals surface area contributed by atoms with E-state index in [1.165, 1.54) is 17.3 Å². The van der Waals surface area contributed by atoms with E-state index in [-0.39, 0.29) is 5.24 Å². The number of halogens is 1. The van der Waals surface area contributed by atoms with Crippen molar-refractivity contribution in [3.63, 3.8) is 0 Å². The van der Waals surface area contributed by atoms with Crippen LogP contribution in [-0.4, -0.2) is 18.5 Å². The van der Waals surface area contributed by atoms with Crippen LogP contribution in [0.2, 0.25) is 0 Å². The smallest absolute Gasteiger partial charge is 0.285 e. The number of rotatable bonds is 4. The van der Waals surface area contributed by atoms with E-state index < -0.39 is 0 Å². The van der Waals surface area contributed by atoms with Crippen molar-refractivity contribution < 1.29 is 9.53 Å². The molecule has 0 saturated carbocycles. The summed E-state index contributed by atoms with van der Waals surface area (Å²) in [5.74, 6) is 0.858. The minimum absolute atomic E-state index is 0.00383. The van der Waals surface area contributed by atoms with Gasteiger partial charge in [0.05, 0.1) is 5.69 Å². The highest BCUT2D eigenvalue weighted by Gasteiger charge is 2.16. The Hall–Kier alpha value is -1.46. The molecular formula is C18H20BrNO2S. The van der Waals surface area contributed by atoms with Crippen LogP contribution in [0.3, 0.4) is 0 Å². The molecule has 122 valence electrons. The molecule has 0 spiro atoms. The molecular weight excluding hydrogens is 374 g/mol. The van der Waals surface area contributed by atoms with Gasteiger partial charge >= 0.3 is 0 Å². The Morgan fingerprint density at radius 2 is 2.00 bits per heavy atom. The molecule has 0 radical (unpaired) electrons. The van der Waals surface area contributed by atoms with Gasteiger partial charge in [-0.2, -0.15) is 0 Å². The van der Waals surface area contributed by atoms with Gasteiger partial charge in [-0.05, 0) is 43.9 Å². The summed E-state index contributed by atoms with van der Waals surface area (Å²) in [7, 11) is 1.78. The summed E-state index contributed by atoms with van der Waals surface area (Å²) in [6.45, 7) is 4.49. The van der Waals surface area contributed by atoms with E-state index in [9.17, 15) is 4.79 Å². The molecule has 0 aliphatic rings. The molecule has 0 saturated heterocycles. The highest BCUT2D eigenvalue weighted by atomic mass is 79.9. The number of nitrogens with zero attached hydrogens (tertiary/aromatic N) is 1. The van der Waals surface area contributed by atoms with E-state index >= 15 is 0 Å². The molecule has 0 fully saturated rings. The lowest BCUT2D eigenvalue weighted by molar-refractivity contribution is 0.266. The van der Waals surface area contributed by atoms with Crippen LogP contribution < -0.4 is 9.64 Å². The standard InChI is InChI=1S/C18H20BrNO2S/c1-12-8-9-17(13(2)10-12)22-11-14-15(19)6-5-7-16(14)20(3)18(21)23-4/h5-10H,11H2,1-4H3. The lowest BCUT2D eigenvalue weighted by Gasteiger charge is -2.21. The van der Waals surface area contributed by atoms with Crippen molar-refractivity contribution in [2.75, 3.05) is 18.2 Å². The molecule has 0 N–H and O–H groups in total. The number of benzene rings is 2. The van der Waals surface area contributed by atoms with Crippen molar-refractivity contribution in [1.29, 1.82) is 0 Å². The number of ether oxygens (including phenoxy) is 1. The highest BCUT2D eigenvalue weighted by molar-refractivity contribution is 9.10. The van der Waals surface area contributed by atoms with Crippen molar-refractivity contribution >= 4 is 38.6 Å². The van der Waals surface area contributed by atoms with Crippen LogP contribution in [0, 0.1) is 13.8 Å². The Kier molecular flexibility index (Phi) is 6.13. The largest absolute Gasteiger partial charge is 0.489 e. The summed E-state index contributed by atoms with van der Waals surface area (Å²) in [6.07, 6.45) is 1.78. The summed E-state index contributed by atoms with van der Waals surface area (Å²) in [5, 5.41) is -0.00383. The van der Waals surface area contributed by atoms with Crippen molar-refractivity contribution in [3.05, 3.63) is 57.6 Å². The van der Waals surface area contributed by atoms with Gasteiger partial charge in [0.25, 0.3) is 5.24 Å². The quantitative estimate of drug-likeness (QED) is 0.680. The Bertz CT molecular complexity index is 718. The maximum atomic E-state index is 12.0. The molecule has 2 aromatic rings. The summed E-state index contributed by atoms with van der Waals surface area (Å²) < 4.78 is 6.92. The SMILES string of the molecule is CSC(=O)N(C)c1cccc(Br)c1COc1ccc(C)cc1C. The van der Waals surface area contributed by atoms with Crippen LogP contribution >= 0.6 is 27.7 Å². The van der Waals surface area contributed by atoms with Gasteiger partial charge in [-0.1, -0.05) is 51.5 Å². The van der Waals surface area contributed by atoms with Gasteiger partial charge in [0.15, 0.2) is 0 Å². The predicted octanol–water partition coefficient (Wildman–Crippen LogP) is 5.56. The van der Waals surface area contributed by atoms with Crippen LogP contribution in [-0.2, 0) is 6.61 Å². The van der Waals surface area contributed by atoms with Crippen LogP contribution in [0.5, 0.6) is 5.75 Å². The van der Waals surface area contributed by atoms with Crippen LogP contribution in [0.1, 0.15) is 16.7 Å². The number of amides is 1. The van der Waals surface area contributed by atoms with E-state index in [4.69, 9.17) is 4.74 Å². The van der Waals surface area contributed by atoms with Crippen molar-refractivity contribution in [2.24, 2.45) is 0 Å². The van der Waals surface area contributed by atoms with Gasteiger partial charge in [-0.15, -0.1) is 0 Å². The lowest BCUT2D eigenvalue weighted by Crippen LogP contribution is -2.23. The van der Waals surface area contributed by atoms with Crippen LogP contribution in [0.4, 0.5) is 10.5 Å². The monoisotopic (exact) mass is 393 g/mol. The lowest BCUT2D eigenvalue weighted by atomic mass is 10.1. The number of aryl methyl sites for hydroxylation is 2. The molecule has 0 unspecified atom stereocenters. The molecule has 0 aliphatic heterocycles. The number of carbonyl (C=O) groups is 1. The van der Waals surface area contributed by atoms with Crippen molar-refractivity contribution in [1.82, 2.24) is 0 Å². The van der Waals surface area contributed by atoms with Crippen LogP contribution in [0.25, 0.3) is 0 Å². The molecule has 0 aliphatic carbocycles. The fraction of sp³-hybridized carbons (Fsp3) is 0.278. The molecule has 0 bridgehead atoms. The summed E-state index contributed by atoms with van der Waals surface area (Å²) >= 11 is 4.76. The predicted molar refractivity (Wildman–Crippen MR) is 102 cm³/mol. The van der Waals surface area contributed by atoms with Gasteiger partial charge in [0.1, 0.15) is 12.4 Å². The second-order valence-electron chi connectivity index (χ2n) is 5.32. The Labute approximate surface area is 150 Å². The third-order valence-electron chi connectivity index (χ3n) is 3.61. The molecule has 1 amide bonds. The van der Waals surface area contributed by atoms with Crippen molar-refractivity contribution in [3.8, 4) is 5.75 Å². The van der Waals surface area contributed by atoms with Crippen molar-refractivity contribution in [2.45, 2.75) is 20.5 Å². The molecule has 3 nitrogen and oxygen atoms in total. The minimum atomic E-state index is -0.00383. The number of anilines is 1. The van der Waals surface area contributed by atoms with Gasteiger partial charge < -0.3 is 9.64 Å². The number of carbonyl (C=O) groups excluding carboxylic acids is 1. The molecule has 5 heteroatoms. The van der Waals surface area contributed by atoms with E-state index in [1.807, 2.05) is 37.3 Å². The first-order valence-electron chi connectivity index (χ1n) is 7.23. The molecule has 0 atom stereocenters. The zero-order valence-electron chi connectivity index (χ0n) is 13.7. The fourth-order valence-electron chi connectivity index (χ4n) is 2.35. The molecule has 0 aromatic heterocycles. The summed E-state index contributed by atoms with van der Waals surface area (Å²) in [4.78, 5) is 13.6. The van der Waals surface area contributed by atoms with E-state index in [1.54, 1.807) is 18.2 Å². The Morgan fingerprint density at radius 1 is 1.26 bits per heavy atom. The van der Waals surface area contributed by atoms with Gasteiger partial charge in [-0.3, -0.25) is 4.79 Å². The topological polar surface area (TPSA) is 29.5 Å². The third kappa shape index (κ3) is 4.30. The summed E-state index contributed by atoms with van der Waals surface area (Å²) in [6, 6.07) is 11.9. The van der Waals surface area contributed by atoms with E-state index in [2.05, 4.69) is 28.9 Å². The average molecular weight is 394 g/mol. The van der Waals surface area contributed by atoms with Gasteiger partial charge in [-0.25, -0.2) is 0 Å². The zero-order chi connectivity index (χ0) is 17.0. The second kappa shape index (κ2) is 7.88. The number of hydrogen-bond acceptors (Lipinski definition) is 3. The first kappa shape index (κ1) is 17.9. The normalized spacial score (nSPS) is 10.5. The first-order valence-corrected chi connectivity index (χ1v) is 9.25. The molecule has 2 aromatic carbocycles.